The Labute approximate surface area is 141 Å². The van der Waals surface area contributed by atoms with Crippen molar-refractivity contribution in [1.29, 1.82) is 0 Å². The molecule has 0 aliphatic rings. The van der Waals surface area contributed by atoms with Crippen LogP contribution < -0.4 is 10.6 Å². The molecule has 0 radical (unpaired) electrons. The number of carbonyl (C=O) groups is 1. The van der Waals surface area contributed by atoms with Gasteiger partial charge in [-0.3, -0.25) is 0 Å². The zero-order valence-corrected chi connectivity index (χ0v) is 15.2. The minimum atomic E-state index is -0.474. The van der Waals surface area contributed by atoms with Gasteiger partial charge in [-0.2, -0.15) is 0 Å². The number of ether oxygens (including phenoxy) is 1. The highest BCUT2D eigenvalue weighted by molar-refractivity contribution is 5.68. The van der Waals surface area contributed by atoms with Crippen LogP contribution in [0.3, 0.4) is 0 Å². The lowest BCUT2D eigenvalue weighted by Gasteiger charge is -2.34. The second kappa shape index (κ2) is 8.92. The molecule has 0 unspecified atom stereocenters. The second-order valence-electron chi connectivity index (χ2n) is 7.03. The molecule has 0 spiro atoms. The minimum absolute atomic E-state index is 0.265. The van der Waals surface area contributed by atoms with Crippen LogP contribution in [0.4, 0.5) is 4.79 Å². The number of nitrogens with one attached hydrogen (secondary N) is 2. The first-order valence-corrected chi connectivity index (χ1v) is 8.56. The van der Waals surface area contributed by atoms with Crippen molar-refractivity contribution in [2.24, 2.45) is 0 Å². The van der Waals surface area contributed by atoms with Crippen molar-refractivity contribution >= 4 is 6.09 Å². The number of hydrogen-bond acceptors (Lipinski definition) is 3. The van der Waals surface area contributed by atoms with Gasteiger partial charge in [-0.05, 0) is 52.1 Å². The summed E-state index contributed by atoms with van der Waals surface area (Å²) in [7, 11) is 0. The maximum atomic E-state index is 12.1. The Balaban J connectivity index is 2.48. The first-order chi connectivity index (χ1) is 10.8. The van der Waals surface area contributed by atoms with Crippen LogP contribution in [-0.2, 0) is 11.2 Å². The third-order valence-corrected chi connectivity index (χ3v) is 4.02. The number of amides is 1. The maximum absolute atomic E-state index is 12.1. The lowest BCUT2D eigenvalue weighted by Crippen LogP contribution is -2.55. The summed E-state index contributed by atoms with van der Waals surface area (Å²) in [5.74, 6) is 0. The van der Waals surface area contributed by atoms with Crippen molar-refractivity contribution in [1.82, 2.24) is 10.6 Å². The van der Waals surface area contributed by atoms with E-state index in [2.05, 4.69) is 48.7 Å². The van der Waals surface area contributed by atoms with E-state index < -0.39 is 5.60 Å². The molecule has 0 aliphatic carbocycles. The van der Waals surface area contributed by atoms with Crippen LogP contribution in [0, 0.1) is 0 Å². The smallest absolute Gasteiger partial charge is 0.408 e. The number of hydrogen-bond donors (Lipinski definition) is 2. The molecule has 0 fully saturated rings. The molecule has 0 bridgehead atoms. The van der Waals surface area contributed by atoms with Crippen molar-refractivity contribution in [3.8, 4) is 0 Å². The van der Waals surface area contributed by atoms with Gasteiger partial charge in [-0.15, -0.1) is 0 Å². The fourth-order valence-corrected chi connectivity index (χ4v) is 2.45. The minimum Gasteiger partial charge on any atom is -0.444 e. The van der Waals surface area contributed by atoms with Crippen LogP contribution in [0.1, 0.15) is 53.0 Å². The molecule has 0 saturated carbocycles. The van der Waals surface area contributed by atoms with Crippen LogP contribution in [0.2, 0.25) is 0 Å². The van der Waals surface area contributed by atoms with Gasteiger partial charge in [-0.1, -0.05) is 44.2 Å². The van der Waals surface area contributed by atoms with Gasteiger partial charge in [0.05, 0.1) is 5.54 Å². The highest BCUT2D eigenvalue weighted by Gasteiger charge is 2.29. The molecule has 4 heteroatoms. The number of benzene rings is 1. The van der Waals surface area contributed by atoms with Crippen LogP contribution >= 0.6 is 0 Å². The largest absolute Gasteiger partial charge is 0.444 e. The van der Waals surface area contributed by atoms with E-state index in [1.807, 2.05) is 26.8 Å². The Bertz CT molecular complexity index is 462. The van der Waals surface area contributed by atoms with Gasteiger partial charge in [0.25, 0.3) is 0 Å². The average Bonchev–Trinajstić information content (AvgIpc) is 2.49. The van der Waals surface area contributed by atoms with E-state index in [9.17, 15) is 4.79 Å². The van der Waals surface area contributed by atoms with Crippen LogP contribution in [0.5, 0.6) is 0 Å². The Morgan fingerprint density at radius 2 is 1.70 bits per heavy atom. The van der Waals surface area contributed by atoms with Crippen LogP contribution in [-0.4, -0.2) is 30.3 Å². The SMILES string of the molecule is CCC(CC)(CNCCc1ccccc1)NC(=O)OC(C)(C)C. The summed E-state index contributed by atoms with van der Waals surface area (Å²) in [6.07, 6.45) is 2.37. The van der Waals surface area contributed by atoms with Gasteiger partial charge in [-0.25, -0.2) is 4.79 Å². The molecule has 0 aliphatic heterocycles. The maximum Gasteiger partial charge on any atom is 0.408 e. The summed E-state index contributed by atoms with van der Waals surface area (Å²) in [5, 5.41) is 6.54. The molecule has 130 valence electrons. The van der Waals surface area contributed by atoms with Gasteiger partial charge in [0.2, 0.25) is 0 Å². The highest BCUT2D eigenvalue weighted by atomic mass is 16.6. The highest BCUT2D eigenvalue weighted by Crippen LogP contribution is 2.16. The zero-order chi connectivity index (χ0) is 17.3. The van der Waals surface area contributed by atoms with E-state index in [-0.39, 0.29) is 11.6 Å². The lowest BCUT2D eigenvalue weighted by atomic mass is 9.92. The molecule has 1 aromatic rings. The molecule has 23 heavy (non-hydrogen) atoms. The monoisotopic (exact) mass is 320 g/mol. The van der Waals surface area contributed by atoms with E-state index >= 15 is 0 Å². The van der Waals surface area contributed by atoms with E-state index in [0.29, 0.717) is 0 Å². The van der Waals surface area contributed by atoms with Gasteiger partial charge in [0.1, 0.15) is 5.60 Å². The third-order valence-electron chi connectivity index (χ3n) is 4.02. The lowest BCUT2D eigenvalue weighted by molar-refractivity contribution is 0.0446. The molecule has 2 N–H and O–H groups in total. The standard InChI is InChI=1S/C19H32N2O2/c1-6-19(7-2,21-17(22)23-18(3,4)5)15-20-14-13-16-11-9-8-10-12-16/h8-12,20H,6-7,13-15H2,1-5H3,(H,21,22). The van der Waals surface area contributed by atoms with Crippen LogP contribution in [0.15, 0.2) is 30.3 Å². The normalized spacial score (nSPS) is 12.0. The predicted molar refractivity (Wildman–Crippen MR) is 95.7 cm³/mol. The molecule has 0 aromatic heterocycles. The average molecular weight is 320 g/mol. The Kier molecular flexibility index (Phi) is 7.56. The predicted octanol–water partition coefficient (Wildman–Crippen LogP) is 3.90. The fourth-order valence-electron chi connectivity index (χ4n) is 2.45. The summed E-state index contributed by atoms with van der Waals surface area (Å²) in [5.41, 5.74) is 0.579. The summed E-state index contributed by atoms with van der Waals surface area (Å²) in [6, 6.07) is 10.4. The first kappa shape index (κ1) is 19.5. The van der Waals surface area contributed by atoms with Gasteiger partial charge in [0.15, 0.2) is 0 Å². The Morgan fingerprint density at radius 3 is 2.22 bits per heavy atom. The van der Waals surface area contributed by atoms with Crippen molar-refractivity contribution in [2.75, 3.05) is 13.1 Å². The molecule has 1 rings (SSSR count). The topological polar surface area (TPSA) is 50.4 Å². The summed E-state index contributed by atoms with van der Waals surface area (Å²) in [6.45, 7) is 11.5. The third kappa shape index (κ3) is 7.51. The zero-order valence-electron chi connectivity index (χ0n) is 15.2. The molecule has 0 saturated heterocycles. The molecular weight excluding hydrogens is 288 g/mol. The molecule has 1 amide bonds. The fraction of sp³-hybridized carbons (Fsp3) is 0.632. The molecule has 0 heterocycles. The van der Waals surface area contributed by atoms with E-state index in [1.165, 1.54) is 5.56 Å². The summed E-state index contributed by atoms with van der Waals surface area (Å²) in [4.78, 5) is 12.1. The molecule has 0 atom stereocenters. The van der Waals surface area contributed by atoms with Crippen molar-refractivity contribution < 1.29 is 9.53 Å². The molecular formula is C19H32N2O2. The van der Waals surface area contributed by atoms with Gasteiger partial charge >= 0.3 is 6.09 Å². The Hall–Kier alpha value is -1.55. The summed E-state index contributed by atoms with van der Waals surface area (Å²) >= 11 is 0. The molecule has 1 aromatic carbocycles. The van der Waals surface area contributed by atoms with Crippen molar-refractivity contribution in [3.63, 3.8) is 0 Å². The Morgan fingerprint density at radius 1 is 1.09 bits per heavy atom. The van der Waals surface area contributed by atoms with Crippen LogP contribution in [0.25, 0.3) is 0 Å². The quantitative estimate of drug-likeness (QED) is 0.714. The van der Waals surface area contributed by atoms with Crippen molar-refractivity contribution in [3.05, 3.63) is 35.9 Å². The molecule has 4 nitrogen and oxygen atoms in total. The number of carbonyl (C=O) groups excluding carboxylic acids is 1. The van der Waals surface area contributed by atoms with E-state index in [4.69, 9.17) is 4.74 Å². The van der Waals surface area contributed by atoms with Crippen molar-refractivity contribution in [2.45, 2.75) is 65.0 Å². The number of rotatable bonds is 8. The van der Waals surface area contributed by atoms with Gasteiger partial charge in [0, 0.05) is 6.54 Å². The van der Waals surface area contributed by atoms with Gasteiger partial charge < -0.3 is 15.4 Å². The van der Waals surface area contributed by atoms with E-state index in [1.54, 1.807) is 0 Å². The van der Waals surface area contributed by atoms with E-state index in [0.717, 1.165) is 32.4 Å². The second-order valence-corrected chi connectivity index (χ2v) is 7.03. The first-order valence-electron chi connectivity index (χ1n) is 8.56. The summed E-state index contributed by atoms with van der Waals surface area (Å²) < 4.78 is 5.39. The number of alkyl carbamates (subject to hydrolysis) is 1.